The van der Waals surface area contributed by atoms with Crippen LogP contribution >= 0.6 is 23.4 Å². The van der Waals surface area contributed by atoms with Crippen molar-refractivity contribution in [3.05, 3.63) is 46.6 Å². The maximum absolute atomic E-state index is 13.2. The number of thioether (sulfide) groups is 1. The quantitative estimate of drug-likeness (QED) is 0.246. The third-order valence-corrected chi connectivity index (χ3v) is 6.87. The predicted octanol–water partition coefficient (Wildman–Crippen LogP) is 3.63. The molecule has 0 saturated carbocycles. The Morgan fingerprint density at radius 3 is 2.54 bits per heavy atom. The number of amides is 2. The van der Waals surface area contributed by atoms with E-state index in [4.69, 9.17) is 16.3 Å². The first kappa shape index (κ1) is 27.2. The number of piperazine rings is 1. The lowest BCUT2D eigenvalue weighted by Crippen LogP contribution is -2.54. The zero-order chi connectivity index (χ0) is 25.6. The van der Waals surface area contributed by atoms with E-state index in [9.17, 15) is 9.59 Å². The van der Waals surface area contributed by atoms with Gasteiger partial charge in [-0.15, -0.1) is 0 Å². The summed E-state index contributed by atoms with van der Waals surface area (Å²) in [6, 6.07) is 9.62. The van der Waals surface area contributed by atoms with Gasteiger partial charge in [0, 0.05) is 51.0 Å². The number of carbonyl (C=O) groups is 2. The summed E-state index contributed by atoms with van der Waals surface area (Å²) in [7, 11) is 1.59. The van der Waals surface area contributed by atoms with Crippen LogP contribution in [0.25, 0.3) is 0 Å². The Morgan fingerprint density at radius 1 is 1.20 bits per heavy atom. The van der Waals surface area contributed by atoms with E-state index in [2.05, 4.69) is 41.0 Å². The van der Waals surface area contributed by atoms with E-state index in [1.807, 2.05) is 36.1 Å². The molecule has 1 saturated heterocycles. The molecule has 1 aliphatic rings. The summed E-state index contributed by atoms with van der Waals surface area (Å²) in [6.45, 7) is 11.3. The molecule has 0 bridgehead atoms. The number of hydrogen-bond acceptors (Lipinski definition) is 7. The summed E-state index contributed by atoms with van der Waals surface area (Å²) < 4.78 is 4.93. The monoisotopic (exact) mass is 519 g/mol. The van der Waals surface area contributed by atoms with Gasteiger partial charge < -0.3 is 19.9 Å². The first-order valence-corrected chi connectivity index (χ1v) is 13.0. The van der Waals surface area contributed by atoms with Crippen LogP contribution in [0.5, 0.6) is 0 Å². The van der Waals surface area contributed by atoms with E-state index in [1.165, 1.54) is 17.3 Å². The number of nitrogens with zero attached hydrogens (tertiary/aromatic N) is 4. The largest absolute Gasteiger partial charge is 0.383 e. The van der Waals surface area contributed by atoms with E-state index < -0.39 is 0 Å². The van der Waals surface area contributed by atoms with E-state index in [0.717, 1.165) is 0 Å². The lowest BCUT2D eigenvalue weighted by atomic mass is 9.86. The van der Waals surface area contributed by atoms with Crippen molar-refractivity contribution >= 4 is 41.0 Å². The molecular weight excluding hydrogens is 486 g/mol. The van der Waals surface area contributed by atoms with E-state index in [0.29, 0.717) is 54.5 Å². The van der Waals surface area contributed by atoms with Crippen LogP contribution in [0.2, 0.25) is 5.15 Å². The van der Waals surface area contributed by atoms with E-state index >= 15 is 0 Å². The molecule has 1 atom stereocenters. The van der Waals surface area contributed by atoms with Crippen LogP contribution in [0.3, 0.4) is 0 Å². The standard InChI is InChI=1S/C25H34ClN5O3S/c1-17-15-30(11-12-31(17)23(33)18-6-8-19(9-7-18)25(2,3)4)21-14-20(26)28-24(29-21)35-16-22(32)27-10-13-34-5/h6-9,14,17H,10-13,15-16H2,1-5H3,(H,27,32). The molecule has 1 aromatic carbocycles. The topological polar surface area (TPSA) is 87.7 Å². The first-order valence-electron chi connectivity index (χ1n) is 11.7. The minimum Gasteiger partial charge on any atom is -0.383 e. The number of halogens is 1. The number of carbonyl (C=O) groups excluding carboxylic acids is 2. The SMILES string of the molecule is COCCNC(=O)CSc1nc(Cl)cc(N2CCN(C(=O)c3ccc(C(C)(C)C)cc3)C(C)C2)n1. The molecular formula is C25H34ClN5O3S. The van der Waals surface area contributed by atoms with Gasteiger partial charge in [0.1, 0.15) is 11.0 Å². The molecule has 35 heavy (non-hydrogen) atoms. The summed E-state index contributed by atoms with van der Waals surface area (Å²) >= 11 is 7.49. The van der Waals surface area contributed by atoms with Gasteiger partial charge in [0.15, 0.2) is 5.16 Å². The van der Waals surface area contributed by atoms with Crippen LogP contribution in [0.4, 0.5) is 5.82 Å². The van der Waals surface area contributed by atoms with E-state index in [-0.39, 0.29) is 29.0 Å². The number of methoxy groups -OCH3 is 1. The van der Waals surface area contributed by atoms with Crippen molar-refractivity contribution in [1.82, 2.24) is 20.2 Å². The second-order valence-corrected chi connectivity index (χ2v) is 10.9. The van der Waals surface area contributed by atoms with Gasteiger partial charge >= 0.3 is 0 Å². The number of rotatable bonds is 8. The molecule has 2 heterocycles. The van der Waals surface area contributed by atoms with Gasteiger partial charge in [-0.2, -0.15) is 0 Å². The molecule has 2 amide bonds. The molecule has 1 aromatic heterocycles. The van der Waals surface area contributed by atoms with Gasteiger partial charge in [0.2, 0.25) is 5.91 Å². The highest BCUT2D eigenvalue weighted by Crippen LogP contribution is 2.26. The minimum absolute atomic E-state index is 0.00468. The van der Waals surface area contributed by atoms with Gasteiger partial charge in [0.25, 0.3) is 5.91 Å². The second kappa shape index (κ2) is 12.1. The van der Waals surface area contributed by atoms with Crippen LogP contribution in [0.1, 0.15) is 43.6 Å². The van der Waals surface area contributed by atoms with Crippen molar-refractivity contribution in [1.29, 1.82) is 0 Å². The highest BCUT2D eigenvalue weighted by atomic mass is 35.5. The lowest BCUT2D eigenvalue weighted by Gasteiger charge is -2.40. The van der Waals surface area contributed by atoms with Crippen LogP contribution in [-0.2, 0) is 14.9 Å². The fraction of sp³-hybridized carbons (Fsp3) is 0.520. The number of ether oxygens (including phenoxy) is 1. The van der Waals surface area contributed by atoms with Crippen LogP contribution in [-0.4, -0.2) is 78.4 Å². The molecule has 190 valence electrons. The molecule has 0 spiro atoms. The number of nitrogens with one attached hydrogen (secondary N) is 1. The Morgan fingerprint density at radius 2 is 1.91 bits per heavy atom. The fourth-order valence-electron chi connectivity index (χ4n) is 3.83. The maximum atomic E-state index is 13.2. The molecule has 8 nitrogen and oxygen atoms in total. The first-order chi connectivity index (χ1) is 16.6. The Kier molecular flexibility index (Phi) is 9.38. The highest BCUT2D eigenvalue weighted by Gasteiger charge is 2.29. The van der Waals surface area contributed by atoms with Gasteiger partial charge in [0.05, 0.1) is 12.4 Å². The van der Waals surface area contributed by atoms with Gasteiger partial charge in [-0.25, -0.2) is 9.97 Å². The van der Waals surface area contributed by atoms with Crippen molar-refractivity contribution in [3.63, 3.8) is 0 Å². The van der Waals surface area contributed by atoms with Crippen molar-refractivity contribution in [2.75, 3.05) is 50.5 Å². The molecule has 1 aliphatic heterocycles. The molecule has 1 N–H and O–H groups in total. The zero-order valence-electron chi connectivity index (χ0n) is 21.0. The molecule has 1 unspecified atom stereocenters. The van der Waals surface area contributed by atoms with Crippen LogP contribution in [0.15, 0.2) is 35.5 Å². The van der Waals surface area contributed by atoms with Gasteiger partial charge in [-0.3, -0.25) is 9.59 Å². The summed E-state index contributed by atoms with van der Waals surface area (Å²) in [5, 5.41) is 3.54. The molecule has 0 aliphatic carbocycles. The minimum atomic E-state index is -0.117. The van der Waals surface area contributed by atoms with Crippen molar-refractivity contribution < 1.29 is 14.3 Å². The Hall–Kier alpha value is -2.36. The van der Waals surface area contributed by atoms with Gasteiger partial charge in [-0.1, -0.05) is 56.3 Å². The Labute approximate surface area is 216 Å². The number of anilines is 1. The Bertz CT molecular complexity index is 1030. The summed E-state index contributed by atoms with van der Waals surface area (Å²) in [6.07, 6.45) is 0. The third-order valence-electron chi connectivity index (χ3n) is 5.83. The molecule has 2 aromatic rings. The number of benzene rings is 1. The lowest BCUT2D eigenvalue weighted by molar-refractivity contribution is -0.118. The fourth-order valence-corrected chi connectivity index (χ4v) is 4.74. The number of hydrogen-bond donors (Lipinski definition) is 1. The van der Waals surface area contributed by atoms with Crippen molar-refractivity contribution in [2.45, 2.75) is 44.3 Å². The molecule has 10 heteroatoms. The summed E-state index contributed by atoms with van der Waals surface area (Å²) in [5.74, 6) is 0.805. The zero-order valence-corrected chi connectivity index (χ0v) is 22.6. The highest BCUT2D eigenvalue weighted by molar-refractivity contribution is 7.99. The maximum Gasteiger partial charge on any atom is 0.254 e. The Balaban J connectivity index is 1.61. The van der Waals surface area contributed by atoms with Crippen molar-refractivity contribution in [3.8, 4) is 0 Å². The normalized spacial score (nSPS) is 16.3. The van der Waals surface area contributed by atoms with Crippen LogP contribution < -0.4 is 10.2 Å². The van der Waals surface area contributed by atoms with E-state index in [1.54, 1.807) is 13.2 Å². The second-order valence-electron chi connectivity index (χ2n) is 9.58. The average molecular weight is 520 g/mol. The summed E-state index contributed by atoms with van der Waals surface area (Å²) in [4.78, 5) is 38.0. The summed E-state index contributed by atoms with van der Waals surface area (Å²) in [5.41, 5.74) is 1.95. The average Bonchev–Trinajstić information content (AvgIpc) is 2.81. The predicted molar refractivity (Wildman–Crippen MR) is 141 cm³/mol. The smallest absolute Gasteiger partial charge is 0.254 e. The van der Waals surface area contributed by atoms with Crippen LogP contribution in [0, 0.1) is 0 Å². The third kappa shape index (κ3) is 7.56. The van der Waals surface area contributed by atoms with Gasteiger partial charge in [-0.05, 0) is 30.0 Å². The molecule has 3 rings (SSSR count). The number of aromatic nitrogens is 2. The molecule has 0 radical (unpaired) electrons. The molecule has 1 fully saturated rings. The van der Waals surface area contributed by atoms with Crippen molar-refractivity contribution in [2.24, 2.45) is 0 Å².